The zero-order chi connectivity index (χ0) is 12.9. The van der Waals surface area contributed by atoms with Crippen molar-refractivity contribution < 1.29 is 14.9 Å². The van der Waals surface area contributed by atoms with Crippen LogP contribution in [0.4, 0.5) is 5.95 Å². The topological polar surface area (TPSA) is 100 Å². The van der Waals surface area contributed by atoms with Gasteiger partial charge in [-0.05, 0) is 18.0 Å². The van der Waals surface area contributed by atoms with Crippen molar-refractivity contribution in [3.63, 3.8) is 0 Å². The number of aliphatic hydroxyl groups excluding tert-OH is 2. The maximum absolute atomic E-state index is 9.28. The summed E-state index contributed by atoms with van der Waals surface area (Å²) in [4.78, 5) is 11.5. The summed E-state index contributed by atoms with van der Waals surface area (Å²) in [6.45, 7) is 1.30. The molecule has 1 rings (SSSR count). The van der Waals surface area contributed by atoms with Crippen LogP contribution in [0.3, 0.4) is 0 Å². The predicted molar refractivity (Wildman–Crippen MR) is 62.2 cm³/mol. The number of rotatable bonds is 6. The average Bonchev–Trinajstić information content (AvgIpc) is 2.35. The molecule has 0 amide bonds. The van der Waals surface area contributed by atoms with E-state index in [0.717, 1.165) is 0 Å². The van der Waals surface area contributed by atoms with Crippen LogP contribution in [0.25, 0.3) is 0 Å². The van der Waals surface area contributed by atoms with Crippen LogP contribution >= 0.6 is 11.6 Å². The molecular weight excluding hydrogens is 248 g/mol. The number of nitrogens with one attached hydrogen (secondary N) is 1. The fourth-order valence-corrected chi connectivity index (χ4v) is 1.31. The molecule has 17 heavy (non-hydrogen) atoms. The van der Waals surface area contributed by atoms with Crippen molar-refractivity contribution in [1.82, 2.24) is 15.0 Å². The molecule has 8 heteroatoms. The summed E-state index contributed by atoms with van der Waals surface area (Å²) in [5, 5.41) is 21.4. The zero-order valence-corrected chi connectivity index (χ0v) is 10.4. The molecule has 0 aromatic carbocycles. The van der Waals surface area contributed by atoms with Crippen molar-refractivity contribution in [3.8, 4) is 6.01 Å². The fourth-order valence-electron chi connectivity index (χ4n) is 1.16. The van der Waals surface area contributed by atoms with Gasteiger partial charge in [-0.2, -0.15) is 15.0 Å². The van der Waals surface area contributed by atoms with E-state index in [2.05, 4.69) is 20.3 Å². The second kappa shape index (κ2) is 5.95. The Bertz CT molecular complexity index is 365. The summed E-state index contributed by atoms with van der Waals surface area (Å²) in [5.41, 5.74) is -0.893. The number of hydrogen-bond acceptors (Lipinski definition) is 7. The Morgan fingerprint density at radius 2 is 1.94 bits per heavy atom. The minimum Gasteiger partial charge on any atom is -0.467 e. The minimum absolute atomic E-state index is 0.0276. The van der Waals surface area contributed by atoms with Gasteiger partial charge in [0.25, 0.3) is 0 Å². The lowest BCUT2D eigenvalue weighted by molar-refractivity contribution is 0.132. The van der Waals surface area contributed by atoms with Gasteiger partial charge in [0.1, 0.15) is 0 Å². The Balaban J connectivity index is 2.96. The van der Waals surface area contributed by atoms with Crippen molar-refractivity contribution in [1.29, 1.82) is 0 Å². The molecule has 0 aliphatic carbocycles. The number of hydrogen-bond donors (Lipinski definition) is 3. The predicted octanol–water partition coefficient (Wildman–Crippen LogP) is 0.0789. The van der Waals surface area contributed by atoms with Crippen molar-refractivity contribution >= 4 is 17.5 Å². The summed E-state index contributed by atoms with van der Waals surface area (Å²) in [6.07, 6.45) is 0.492. The van der Waals surface area contributed by atoms with Gasteiger partial charge >= 0.3 is 6.01 Å². The molecule has 7 nitrogen and oxygen atoms in total. The molecule has 1 heterocycles. The SMILES string of the molecule is CCC(CO)(CO)Nc1nc(Cl)nc(OC)n1. The van der Waals surface area contributed by atoms with Gasteiger partial charge in [-0.15, -0.1) is 0 Å². The van der Waals surface area contributed by atoms with Crippen molar-refractivity contribution in [3.05, 3.63) is 5.28 Å². The number of nitrogens with zero attached hydrogens (tertiary/aromatic N) is 3. The van der Waals surface area contributed by atoms with E-state index >= 15 is 0 Å². The van der Waals surface area contributed by atoms with E-state index in [9.17, 15) is 10.2 Å². The van der Waals surface area contributed by atoms with E-state index in [4.69, 9.17) is 16.3 Å². The van der Waals surface area contributed by atoms with Crippen LogP contribution in [0, 0.1) is 0 Å². The van der Waals surface area contributed by atoms with Crippen LogP contribution in [0.1, 0.15) is 13.3 Å². The highest BCUT2D eigenvalue weighted by Gasteiger charge is 2.27. The summed E-state index contributed by atoms with van der Waals surface area (Å²) < 4.78 is 4.84. The van der Waals surface area contributed by atoms with E-state index < -0.39 is 5.54 Å². The number of ether oxygens (including phenoxy) is 1. The van der Waals surface area contributed by atoms with Gasteiger partial charge in [0.05, 0.1) is 25.9 Å². The third-order valence-corrected chi connectivity index (χ3v) is 2.60. The van der Waals surface area contributed by atoms with Crippen LogP contribution in [0.5, 0.6) is 6.01 Å². The van der Waals surface area contributed by atoms with E-state index in [1.54, 1.807) is 0 Å². The Kier molecular flexibility index (Phi) is 4.86. The number of anilines is 1. The molecule has 0 aliphatic rings. The summed E-state index contributed by atoms with van der Waals surface area (Å²) in [6, 6.07) is 0.0633. The van der Waals surface area contributed by atoms with Gasteiger partial charge in [0.2, 0.25) is 11.2 Å². The van der Waals surface area contributed by atoms with Crippen molar-refractivity contribution in [2.24, 2.45) is 0 Å². The quantitative estimate of drug-likeness (QED) is 0.667. The highest BCUT2D eigenvalue weighted by atomic mass is 35.5. The highest BCUT2D eigenvalue weighted by molar-refractivity contribution is 6.28. The second-order valence-corrected chi connectivity index (χ2v) is 3.83. The molecule has 3 N–H and O–H groups in total. The number of methoxy groups -OCH3 is 1. The van der Waals surface area contributed by atoms with Crippen molar-refractivity contribution in [2.45, 2.75) is 18.9 Å². The summed E-state index contributed by atoms with van der Waals surface area (Å²) >= 11 is 5.68. The monoisotopic (exact) mass is 262 g/mol. The van der Waals surface area contributed by atoms with Crippen LogP contribution in [0.2, 0.25) is 5.28 Å². The lowest BCUT2D eigenvalue weighted by atomic mass is 9.99. The molecule has 0 fully saturated rings. The van der Waals surface area contributed by atoms with Gasteiger partial charge in [-0.3, -0.25) is 0 Å². The standard InChI is InChI=1S/C9H15ClN4O3/c1-3-9(4-15,5-16)14-7-11-6(10)12-8(13-7)17-2/h15-16H,3-5H2,1-2H3,(H,11,12,13,14). The van der Waals surface area contributed by atoms with Crippen LogP contribution in [-0.4, -0.2) is 51.0 Å². The van der Waals surface area contributed by atoms with Gasteiger partial charge in [-0.25, -0.2) is 0 Å². The van der Waals surface area contributed by atoms with E-state index in [-0.39, 0.29) is 30.5 Å². The first-order valence-electron chi connectivity index (χ1n) is 5.04. The molecule has 1 aromatic rings. The largest absolute Gasteiger partial charge is 0.467 e. The number of aromatic nitrogens is 3. The smallest absolute Gasteiger partial charge is 0.322 e. The Morgan fingerprint density at radius 3 is 2.41 bits per heavy atom. The van der Waals surface area contributed by atoms with Crippen LogP contribution < -0.4 is 10.1 Å². The molecule has 0 saturated carbocycles. The molecule has 0 radical (unpaired) electrons. The third kappa shape index (κ3) is 3.39. The molecule has 0 aliphatic heterocycles. The molecule has 0 saturated heterocycles. The minimum atomic E-state index is -0.893. The van der Waals surface area contributed by atoms with Crippen LogP contribution in [0.15, 0.2) is 0 Å². The maximum Gasteiger partial charge on any atom is 0.322 e. The Morgan fingerprint density at radius 1 is 1.29 bits per heavy atom. The van der Waals surface area contributed by atoms with Gasteiger partial charge in [0.15, 0.2) is 0 Å². The Hall–Kier alpha value is -1.18. The zero-order valence-electron chi connectivity index (χ0n) is 9.64. The van der Waals surface area contributed by atoms with Crippen LogP contribution in [-0.2, 0) is 0 Å². The van der Waals surface area contributed by atoms with E-state index in [1.165, 1.54) is 7.11 Å². The maximum atomic E-state index is 9.28. The van der Waals surface area contributed by atoms with Gasteiger partial charge in [-0.1, -0.05) is 6.92 Å². The number of halogens is 1. The summed E-state index contributed by atoms with van der Waals surface area (Å²) in [5.74, 6) is 0.145. The Labute approximate surface area is 104 Å². The third-order valence-electron chi connectivity index (χ3n) is 2.43. The molecule has 0 unspecified atom stereocenters. The molecule has 0 atom stereocenters. The lowest BCUT2D eigenvalue weighted by Crippen LogP contribution is -2.45. The molecule has 1 aromatic heterocycles. The normalized spacial score (nSPS) is 11.4. The molecule has 0 bridgehead atoms. The molecular formula is C9H15ClN4O3. The first-order chi connectivity index (χ1) is 8.09. The van der Waals surface area contributed by atoms with Gasteiger partial charge < -0.3 is 20.3 Å². The molecule has 0 spiro atoms. The van der Waals surface area contributed by atoms with E-state index in [1.807, 2.05) is 6.92 Å². The first-order valence-corrected chi connectivity index (χ1v) is 5.42. The fraction of sp³-hybridized carbons (Fsp3) is 0.667. The van der Waals surface area contributed by atoms with Gasteiger partial charge in [0, 0.05) is 0 Å². The highest BCUT2D eigenvalue weighted by Crippen LogP contribution is 2.18. The molecule has 96 valence electrons. The van der Waals surface area contributed by atoms with Crippen molar-refractivity contribution in [2.75, 3.05) is 25.6 Å². The second-order valence-electron chi connectivity index (χ2n) is 3.49. The lowest BCUT2D eigenvalue weighted by Gasteiger charge is -2.29. The van der Waals surface area contributed by atoms with E-state index in [0.29, 0.717) is 6.42 Å². The number of aliphatic hydroxyl groups is 2. The first kappa shape index (κ1) is 13.9. The summed E-state index contributed by atoms with van der Waals surface area (Å²) in [7, 11) is 1.40. The average molecular weight is 263 g/mol.